The van der Waals surface area contributed by atoms with Crippen LogP contribution in [-0.4, -0.2) is 24.2 Å². The molecule has 0 fully saturated rings. The standard InChI is InChI=1S/C11H11ClN2O/c12-5-10-8-6-13-9-4-2-1-3-7(9)11(8)14-15-10/h1-4,8,10,13H,5-6H2. The first-order chi connectivity index (χ1) is 7.40. The van der Waals surface area contributed by atoms with Crippen LogP contribution in [0.5, 0.6) is 0 Å². The van der Waals surface area contributed by atoms with Gasteiger partial charge in [0.15, 0.2) is 6.10 Å². The highest BCUT2D eigenvalue weighted by atomic mass is 35.5. The molecule has 0 aromatic heterocycles. The number of alkyl halides is 1. The molecule has 0 bridgehead atoms. The van der Waals surface area contributed by atoms with Crippen LogP contribution in [0.1, 0.15) is 5.56 Å². The molecule has 1 N–H and O–H groups in total. The summed E-state index contributed by atoms with van der Waals surface area (Å²) in [5.41, 5.74) is 3.31. The van der Waals surface area contributed by atoms with E-state index in [1.807, 2.05) is 12.1 Å². The average molecular weight is 223 g/mol. The van der Waals surface area contributed by atoms with Crippen molar-refractivity contribution in [1.29, 1.82) is 0 Å². The van der Waals surface area contributed by atoms with Gasteiger partial charge in [-0.1, -0.05) is 23.4 Å². The Morgan fingerprint density at radius 3 is 3.20 bits per heavy atom. The summed E-state index contributed by atoms with van der Waals surface area (Å²) in [6.07, 6.45) is 0.0162. The first-order valence-electron chi connectivity index (χ1n) is 5.03. The number of rotatable bonds is 1. The second kappa shape index (κ2) is 3.42. The van der Waals surface area contributed by atoms with Gasteiger partial charge in [0.2, 0.25) is 0 Å². The molecule has 0 aliphatic carbocycles. The van der Waals surface area contributed by atoms with Gasteiger partial charge >= 0.3 is 0 Å². The molecule has 3 nitrogen and oxygen atoms in total. The number of hydrogen-bond acceptors (Lipinski definition) is 3. The van der Waals surface area contributed by atoms with Crippen LogP contribution < -0.4 is 5.32 Å². The molecule has 2 aliphatic rings. The van der Waals surface area contributed by atoms with Crippen molar-refractivity contribution in [3.8, 4) is 0 Å². The van der Waals surface area contributed by atoms with Crippen LogP contribution in [0.3, 0.4) is 0 Å². The van der Waals surface area contributed by atoms with Crippen LogP contribution >= 0.6 is 11.6 Å². The quantitative estimate of drug-likeness (QED) is 0.738. The lowest BCUT2D eigenvalue weighted by molar-refractivity contribution is 0.0812. The number of halogens is 1. The van der Waals surface area contributed by atoms with Gasteiger partial charge in [0.1, 0.15) is 0 Å². The highest BCUT2D eigenvalue weighted by Gasteiger charge is 2.37. The van der Waals surface area contributed by atoms with E-state index in [1.54, 1.807) is 0 Å². The molecule has 15 heavy (non-hydrogen) atoms. The summed E-state index contributed by atoms with van der Waals surface area (Å²) < 4.78 is 0. The molecule has 78 valence electrons. The number of fused-ring (bicyclic) bond motifs is 3. The fourth-order valence-corrected chi connectivity index (χ4v) is 2.41. The Hall–Kier alpha value is -1.22. The van der Waals surface area contributed by atoms with Gasteiger partial charge < -0.3 is 10.2 Å². The smallest absolute Gasteiger partial charge is 0.151 e. The molecule has 2 atom stereocenters. The lowest BCUT2D eigenvalue weighted by Crippen LogP contribution is -2.35. The third-order valence-corrected chi connectivity index (χ3v) is 3.26. The van der Waals surface area contributed by atoms with Crippen LogP contribution in [0.2, 0.25) is 0 Å². The zero-order valence-corrected chi connectivity index (χ0v) is 8.87. The summed E-state index contributed by atoms with van der Waals surface area (Å²) in [7, 11) is 0. The minimum Gasteiger partial charge on any atom is -0.390 e. The van der Waals surface area contributed by atoms with Crippen molar-refractivity contribution in [1.82, 2.24) is 0 Å². The molecular weight excluding hydrogens is 212 g/mol. The molecule has 2 unspecified atom stereocenters. The molecule has 1 aromatic rings. The zero-order valence-electron chi connectivity index (χ0n) is 8.11. The van der Waals surface area contributed by atoms with E-state index in [1.165, 1.54) is 0 Å². The molecule has 3 rings (SSSR count). The van der Waals surface area contributed by atoms with E-state index in [2.05, 4.69) is 22.6 Å². The second-order valence-electron chi connectivity index (χ2n) is 3.81. The third-order valence-electron chi connectivity index (χ3n) is 2.95. The molecule has 0 radical (unpaired) electrons. The average Bonchev–Trinajstić information content (AvgIpc) is 2.72. The Kier molecular flexibility index (Phi) is 2.06. The van der Waals surface area contributed by atoms with E-state index in [0.717, 1.165) is 23.5 Å². The van der Waals surface area contributed by atoms with Crippen molar-refractivity contribution in [2.24, 2.45) is 11.1 Å². The Morgan fingerprint density at radius 1 is 1.47 bits per heavy atom. The third kappa shape index (κ3) is 1.30. The molecule has 4 heteroatoms. The van der Waals surface area contributed by atoms with Crippen molar-refractivity contribution in [2.75, 3.05) is 17.7 Å². The minimum absolute atomic E-state index is 0.0162. The van der Waals surface area contributed by atoms with Crippen LogP contribution in [0, 0.1) is 5.92 Å². The minimum atomic E-state index is 0.0162. The fourth-order valence-electron chi connectivity index (χ4n) is 2.13. The van der Waals surface area contributed by atoms with E-state index >= 15 is 0 Å². The van der Waals surface area contributed by atoms with Gasteiger partial charge in [-0.05, 0) is 6.07 Å². The van der Waals surface area contributed by atoms with Crippen molar-refractivity contribution in [3.63, 3.8) is 0 Å². The predicted octanol–water partition coefficient (Wildman–Crippen LogP) is 2.07. The summed E-state index contributed by atoms with van der Waals surface area (Å²) in [5, 5.41) is 7.52. The molecule has 0 spiro atoms. The normalized spacial score (nSPS) is 27.1. The van der Waals surface area contributed by atoms with Crippen LogP contribution in [-0.2, 0) is 4.84 Å². The first-order valence-corrected chi connectivity index (χ1v) is 5.56. The van der Waals surface area contributed by atoms with Gasteiger partial charge in [0.05, 0.1) is 17.5 Å². The SMILES string of the molecule is ClCC1ON=C2c3ccccc3NCC21. The van der Waals surface area contributed by atoms with Crippen LogP contribution in [0.25, 0.3) is 0 Å². The second-order valence-corrected chi connectivity index (χ2v) is 4.12. The lowest BCUT2D eigenvalue weighted by Gasteiger charge is -2.24. The first kappa shape index (κ1) is 9.04. The number of benzene rings is 1. The molecular formula is C11H11ClN2O. The number of para-hydroxylation sites is 1. The van der Waals surface area contributed by atoms with Crippen molar-refractivity contribution < 1.29 is 4.84 Å². The Morgan fingerprint density at radius 2 is 2.33 bits per heavy atom. The maximum Gasteiger partial charge on any atom is 0.151 e. The topological polar surface area (TPSA) is 33.6 Å². The summed E-state index contributed by atoms with van der Waals surface area (Å²) in [6.45, 7) is 0.854. The molecule has 2 heterocycles. The van der Waals surface area contributed by atoms with Gasteiger partial charge in [-0.15, -0.1) is 11.6 Å². The van der Waals surface area contributed by atoms with Crippen LogP contribution in [0.15, 0.2) is 29.4 Å². The molecule has 0 saturated carbocycles. The van der Waals surface area contributed by atoms with Gasteiger partial charge in [-0.3, -0.25) is 0 Å². The van der Waals surface area contributed by atoms with E-state index in [4.69, 9.17) is 16.4 Å². The van der Waals surface area contributed by atoms with Gasteiger partial charge in [-0.25, -0.2) is 0 Å². The lowest BCUT2D eigenvalue weighted by atomic mass is 9.89. The summed E-state index contributed by atoms with van der Waals surface area (Å²) in [6, 6.07) is 8.15. The highest BCUT2D eigenvalue weighted by Crippen LogP contribution is 2.32. The number of oxime groups is 1. The number of hydrogen-bond donors (Lipinski definition) is 1. The Labute approximate surface area is 93.1 Å². The number of anilines is 1. The fraction of sp³-hybridized carbons (Fsp3) is 0.364. The van der Waals surface area contributed by atoms with E-state index in [-0.39, 0.29) is 12.0 Å². The van der Waals surface area contributed by atoms with E-state index in [9.17, 15) is 0 Å². The van der Waals surface area contributed by atoms with Crippen molar-refractivity contribution in [2.45, 2.75) is 6.10 Å². The van der Waals surface area contributed by atoms with E-state index in [0.29, 0.717) is 5.88 Å². The number of nitrogens with zero attached hydrogens (tertiary/aromatic N) is 1. The van der Waals surface area contributed by atoms with Gasteiger partial charge in [-0.2, -0.15) is 0 Å². The molecule has 0 saturated heterocycles. The summed E-state index contributed by atoms with van der Waals surface area (Å²) >= 11 is 5.83. The summed E-state index contributed by atoms with van der Waals surface area (Å²) in [5.74, 6) is 0.777. The van der Waals surface area contributed by atoms with Crippen LogP contribution in [0.4, 0.5) is 5.69 Å². The van der Waals surface area contributed by atoms with Gasteiger partial charge in [0, 0.05) is 17.8 Å². The molecule has 2 aliphatic heterocycles. The largest absolute Gasteiger partial charge is 0.390 e. The predicted molar refractivity (Wildman–Crippen MR) is 60.6 cm³/mol. The van der Waals surface area contributed by atoms with E-state index < -0.39 is 0 Å². The monoisotopic (exact) mass is 222 g/mol. The summed E-state index contributed by atoms with van der Waals surface area (Å²) in [4.78, 5) is 5.32. The maximum absolute atomic E-state index is 5.83. The van der Waals surface area contributed by atoms with Crippen molar-refractivity contribution >= 4 is 23.0 Å². The van der Waals surface area contributed by atoms with Crippen molar-refractivity contribution in [3.05, 3.63) is 29.8 Å². The maximum atomic E-state index is 5.83. The zero-order chi connectivity index (χ0) is 10.3. The molecule has 1 aromatic carbocycles. The number of nitrogens with one attached hydrogen (secondary N) is 1. The Bertz CT molecular complexity index is 419. The Balaban J connectivity index is 2.02. The molecule has 0 amide bonds. The van der Waals surface area contributed by atoms with Gasteiger partial charge in [0.25, 0.3) is 0 Å². The highest BCUT2D eigenvalue weighted by molar-refractivity contribution is 6.19.